The second kappa shape index (κ2) is 8.39. The molecule has 1 rings (SSSR count). The smallest absolute Gasteiger partial charge is 0.200 e. The fraction of sp³-hybridized carbons (Fsp3) is 0.625. The number of hydrogen-bond acceptors (Lipinski definition) is 5. The summed E-state index contributed by atoms with van der Waals surface area (Å²) in [6.07, 6.45) is 4.45. The summed E-state index contributed by atoms with van der Waals surface area (Å²) in [5.74, 6) is 0.922. The Bertz CT molecular complexity index is 414. The van der Waals surface area contributed by atoms with Crippen molar-refractivity contribution >= 4 is 11.8 Å². The van der Waals surface area contributed by atoms with E-state index in [4.69, 9.17) is 9.47 Å². The molecule has 4 nitrogen and oxygen atoms in total. The number of nitrogens with one attached hydrogen (secondary N) is 1. The van der Waals surface area contributed by atoms with Crippen molar-refractivity contribution < 1.29 is 14.6 Å². The molecule has 0 saturated carbocycles. The predicted molar refractivity (Wildman–Crippen MR) is 89.7 cm³/mol. The first-order valence-corrected chi connectivity index (χ1v) is 8.48. The van der Waals surface area contributed by atoms with Crippen molar-refractivity contribution in [2.24, 2.45) is 0 Å². The van der Waals surface area contributed by atoms with E-state index in [0.29, 0.717) is 11.5 Å². The summed E-state index contributed by atoms with van der Waals surface area (Å²) >= 11 is 1.92. The van der Waals surface area contributed by atoms with Crippen LogP contribution in [0.15, 0.2) is 12.1 Å². The van der Waals surface area contributed by atoms with E-state index in [0.717, 1.165) is 31.5 Å². The molecule has 1 aromatic carbocycles. The van der Waals surface area contributed by atoms with Gasteiger partial charge < -0.3 is 19.9 Å². The average Bonchev–Trinajstić information content (AvgIpc) is 2.53. The molecule has 0 aliphatic rings. The van der Waals surface area contributed by atoms with Crippen LogP contribution < -0.4 is 14.8 Å². The molecule has 120 valence electrons. The van der Waals surface area contributed by atoms with Crippen LogP contribution >= 0.6 is 11.8 Å². The number of methoxy groups -OCH3 is 2. The second-order valence-electron chi connectivity index (χ2n) is 5.05. The van der Waals surface area contributed by atoms with Gasteiger partial charge in [-0.1, -0.05) is 13.8 Å². The van der Waals surface area contributed by atoms with Crippen LogP contribution in [0.2, 0.25) is 0 Å². The van der Waals surface area contributed by atoms with Gasteiger partial charge in [0.2, 0.25) is 5.75 Å². The molecule has 0 radical (unpaired) electrons. The van der Waals surface area contributed by atoms with Crippen LogP contribution in [0.5, 0.6) is 17.2 Å². The van der Waals surface area contributed by atoms with Crippen LogP contribution in [0.3, 0.4) is 0 Å². The third-order valence-corrected chi connectivity index (χ3v) is 5.63. The number of phenols is 1. The Labute approximate surface area is 132 Å². The molecule has 0 amide bonds. The highest BCUT2D eigenvalue weighted by atomic mass is 32.2. The normalized spacial score (nSPS) is 11.5. The van der Waals surface area contributed by atoms with Crippen LogP contribution in [0, 0.1) is 0 Å². The number of rotatable bonds is 9. The zero-order valence-corrected chi connectivity index (χ0v) is 14.5. The fourth-order valence-corrected chi connectivity index (χ4v) is 3.17. The van der Waals surface area contributed by atoms with E-state index in [-0.39, 0.29) is 10.5 Å². The molecule has 0 bridgehead atoms. The first-order valence-electron chi connectivity index (χ1n) is 7.25. The Morgan fingerprint density at radius 1 is 1.14 bits per heavy atom. The summed E-state index contributed by atoms with van der Waals surface area (Å²) in [7, 11) is 3.08. The summed E-state index contributed by atoms with van der Waals surface area (Å²) in [4.78, 5) is 0. The molecule has 0 heterocycles. The fourth-order valence-electron chi connectivity index (χ4n) is 2.35. The molecule has 21 heavy (non-hydrogen) atoms. The van der Waals surface area contributed by atoms with E-state index in [9.17, 15) is 5.11 Å². The highest BCUT2D eigenvalue weighted by molar-refractivity contribution is 8.00. The molecule has 0 atom stereocenters. The first-order chi connectivity index (χ1) is 10.1. The molecule has 0 aromatic heterocycles. The Morgan fingerprint density at radius 3 is 2.05 bits per heavy atom. The largest absolute Gasteiger partial charge is 0.502 e. The van der Waals surface area contributed by atoms with Crippen molar-refractivity contribution in [1.29, 1.82) is 0 Å². The molecule has 2 N–H and O–H groups in total. The SMILES string of the molecule is CCC(CC)(CNCc1cc(OC)c(O)c(OC)c1)SC. The number of phenolic OH excluding ortho intramolecular Hbond substituents is 1. The van der Waals surface area contributed by atoms with Crippen molar-refractivity contribution in [2.45, 2.75) is 38.0 Å². The molecular formula is C16H27NO3S. The minimum atomic E-state index is 0.0457. The zero-order valence-electron chi connectivity index (χ0n) is 13.7. The lowest BCUT2D eigenvalue weighted by atomic mass is 10.0. The summed E-state index contributed by atoms with van der Waals surface area (Å²) in [6, 6.07) is 3.67. The lowest BCUT2D eigenvalue weighted by Gasteiger charge is -2.30. The van der Waals surface area contributed by atoms with E-state index in [2.05, 4.69) is 25.4 Å². The van der Waals surface area contributed by atoms with Gasteiger partial charge in [0.25, 0.3) is 0 Å². The number of ether oxygens (including phenoxy) is 2. The number of hydrogen-bond donors (Lipinski definition) is 2. The molecule has 0 fully saturated rings. The maximum absolute atomic E-state index is 9.91. The average molecular weight is 313 g/mol. The Morgan fingerprint density at radius 2 is 1.67 bits per heavy atom. The summed E-state index contributed by atoms with van der Waals surface area (Å²) in [5, 5.41) is 13.4. The maximum Gasteiger partial charge on any atom is 0.200 e. The first kappa shape index (κ1) is 18.0. The van der Waals surface area contributed by atoms with E-state index < -0.39 is 0 Å². The van der Waals surface area contributed by atoms with Gasteiger partial charge in [0, 0.05) is 17.8 Å². The monoisotopic (exact) mass is 313 g/mol. The van der Waals surface area contributed by atoms with Gasteiger partial charge in [-0.15, -0.1) is 0 Å². The van der Waals surface area contributed by atoms with E-state index in [1.54, 1.807) is 14.2 Å². The van der Waals surface area contributed by atoms with Crippen molar-refractivity contribution in [3.05, 3.63) is 17.7 Å². The minimum absolute atomic E-state index is 0.0457. The third kappa shape index (κ3) is 4.45. The summed E-state index contributed by atoms with van der Waals surface area (Å²) in [6.45, 7) is 6.13. The van der Waals surface area contributed by atoms with Crippen LogP contribution in [-0.4, -0.2) is 36.9 Å². The Kier molecular flexibility index (Phi) is 7.18. The molecular weight excluding hydrogens is 286 g/mol. The van der Waals surface area contributed by atoms with Gasteiger partial charge >= 0.3 is 0 Å². The van der Waals surface area contributed by atoms with Gasteiger partial charge in [-0.05, 0) is 36.8 Å². The van der Waals surface area contributed by atoms with E-state index >= 15 is 0 Å². The zero-order chi connectivity index (χ0) is 15.9. The summed E-state index contributed by atoms with van der Waals surface area (Å²) < 4.78 is 10.6. The topological polar surface area (TPSA) is 50.7 Å². The number of aromatic hydroxyl groups is 1. The molecule has 5 heteroatoms. The van der Waals surface area contributed by atoms with Crippen molar-refractivity contribution in [3.8, 4) is 17.2 Å². The van der Waals surface area contributed by atoms with Gasteiger partial charge in [-0.3, -0.25) is 0 Å². The van der Waals surface area contributed by atoms with E-state index in [1.807, 2.05) is 23.9 Å². The lowest BCUT2D eigenvalue weighted by Crippen LogP contribution is -2.36. The Hall–Kier alpha value is -1.07. The minimum Gasteiger partial charge on any atom is -0.502 e. The van der Waals surface area contributed by atoms with Crippen LogP contribution in [0.25, 0.3) is 0 Å². The van der Waals surface area contributed by atoms with E-state index in [1.165, 1.54) is 0 Å². The van der Waals surface area contributed by atoms with Gasteiger partial charge in [-0.2, -0.15) is 11.8 Å². The standard InChI is InChI=1S/C16H27NO3S/c1-6-16(7-2,21-5)11-17-10-12-8-13(19-3)15(18)14(9-12)20-4/h8-9,17-18H,6-7,10-11H2,1-5H3. The highest BCUT2D eigenvalue weighted by Gasteiger charge is 2.24. The number of benzene rings is 1. The quantitative estimate of drug-likeness (QED) is 0.731. The van der Waals surface area contributed by atoms with Gasteiger partial charge in [0.05, 0.1) is 14.2 Å². The van der Waals surface area contributed by atoms with Gasteiger partial charge in [0.1, 0.15) is 0 Å². The molecule has 0 saturated heterocycles. The van der Waals surface area contributed by atoms with Crippen LogP contribution in [0.4, 0.5) is 0 Å². The lowest BCUT2D eigenvalue weighted by molar-refractivity contribution is 0.339. The maximum atomic E-state index is 9.91. The molecule has 0 aliphatic carbocycles. The number of thioether (sulfide) groups is 1. The van der Waals surface area contributed by atoms with Gasteiger partial charge in [-0.25, -0.2) is 0 Å². The summed E-state index contributed by atoms with van der Waals surface area (Å²) in [5.41, 5.74) is 1.03. The van der Waals surface area contributed by atoms with Gasteiger partial charge in [0.15, 0.2) is 11.5 Å². The van der Waals surface area contributed by atoms with Crippen molar-refractivity contribution in [2.75, 3.05) is 27.0 Å². The second-order valence-corrected chi connectivity index (χ2v) is 6.32. The van der Waals surface area contributed by atoms with Crippen LogP contribution in [-0.2, 0) is 6.54 Å². The molecule has 0 aliphatic heterocycles. The van der Waals surface area contributed by atoms with Crippen LogP contribution in [0.1, 0.15) is 32.3 Å². The third-order valence-electron chi connectivity index (χ3n) is 4.04. The van der Waals surface area contributed by atoms with Crippen molar-refractivity contribution in [1.82, 2.24) is 5.32 Å². The highest BCUT2D eigenvalue weighted by Crippen LogP contribution is 2.37. The predicted octanol–water partition coefficient (Wildman–Crippen LogP) is 3.42. The Balaban J connectivity index is 2.76. The molecule has 0 spiro atoms. The molecule has 0 unspecified atom stereocenters. The molecule has 1 aromatic rings. The van der Waals surface area contributed by atoms with Crippen molar-refractivity contribution in [3.63, 3.8) is 0 Å².